The first-order chi connectivity index (χ1) is 7.56. The van der Waals surface area contributed by atoms with Gasteiger partial charge in [-0.25, -0.2) is 0 Å². The van der Waals surface area contributed by atoms with Crippen molar-refractivity contribution in [3.63, 3.8) is 0 Å². The van der Waals surface area contributed by atoms with E-state index in [0.29, 0.717) is 6.04 Å². The Balaban J connectivity index is 2.27. The van der Waals surface area contributed by atoms with Gasteiger partial charge in [-0.3, -0.25) is 0 Å². The minimum Gasteiger partial charge on any atom is -0.435 e. The van der Waals surface area contributed by atoms with Gasteiger partial charge in [0.2, 0.25) is 0 Å². The maximum atomic E-state index is 12.1. The van der Waals surface area contributed by atoms with E-state index in [-0.39, 0.29) is 11.8 Å². The third-order valence-corrected chi connectivity index (χ3v) is 2.87. The average Bonchev–Trinajstić information content (AvgIpc) is 2.15. The van der Waals surface area contributed by atoms with Crippen LogP contribution in [-0.2, 0) is 6.42 Å². The Bertz CT molecular complexity index is 381. The lowest BCUT2D eigenvalue weighted by Crippen LogP contribution is -2.35. The molecule has 0 spiro atoms. The number of halogens is 2. The van der Waals surface area contributed by atoms with Gasteiger partial charge >= 0.3 is 6.61 Å². The molecule has 0 radical (unpaired) electrons. The van der Waals surface area contributed by atoms with Crippen molar-refractivity contribution in [2.75, 3.05) is 0 Å². The molecule has 0 saturated carbocycles. The molecule has 1 aliphatic heterocycles. The summed E-state index contributed by atoms with van der Waals surface area (Å²) in [6, 6.07) is 5.80. The third-order valence-electron chi connectivity index (χ3n) is 2.87. The molecule has 2 atom stereocenters. The normalized spacial score (nSPS) is 24.3. The highest BCUT2D eigenvalue weighted by atomic mass is 19.3. The molecule has 1 aromatic rings. The van der Waals surface area contributed by atoms with E-state index in [9.17, 15) is 8.78 Å². The van der Waals surface area contributed by atoms with E-state index in [1.165, 1.54) is 5.56 Å². The molecule has 0 saturated heterocycles. The van der Waals surface area contributed by atoms with Gasteiger partial charge in [-0.05, 0) is 43.5 Å². The number of hydrogen-bond acceptors (Lipinski definition) is 2. The third kappa shape index (κ3) is 2.32. The van der Waals surface area contributed by atoms with Gasteiger partial charge in [-0.2, -0.15) is 8.78 Å². The Morgan fingerprint density at radius 2 is 2.12 bits per heavy atom. The number of fused-ring (bicyclic) bond motifs is 1. The fourth-order valence-corrected chi connectivity index (χ4v) is 2.26. The number of alkyl halides is 2. The molecule has 2 rings (SSSR count). The van der Waals surface area contributed by atoms with E-state index < -0.39 is 6.61 Å². The molecule has 4 heteroatoms. The van der Waals surface area contributed by atoms with Crippen LogP contribution in [0.2, 0.25) is 0 Å². The van der Waals surface area contributed by atoms with Crippen LogP contribution in [0.3, 0.4) is 0 Å². The Kier molecular flexibility index (Phi) is 3.10. The monoisotopic (exact) mass is 227 g/mol. The summed E-state index contributed by atoms with van der Waals surface area (Å²) in [5, 5.41) is 3.41. The zero-order valence-corrected chi connectivity index (χ0v) is 9.34. The molecule has 1 heterocycles. The van der Waals surface area contributed by atoms with Gasteiger partial charge in [0.15, 0.2) is 0 Å². The fourth-order valence-electron chi connectivity index (χ4n) is 2.26. The second-order valence-corrected chi connectivity index (χ2v) is 4.23. The van der Waals surface area contributed by atoms with E-state index in [1.54, 1.807) is 12.1 Å². The second kappa shape index (κ2) is 4.37. The molecule has 2 nitrogen and oxygen atoms in total. The zero-order valence-electron chi connectivity index (χ0n) is 9.34. The van der Waals surface area contributed by atoms with E-state index >= 15 is 0 Å². The van der Waals surface area contributed by atoms with E-state index in [4.69, 9.17) is 0 Å². The minimum absolute atomic E-state index is 0.245. The van der Waals surface area contributed by atoms with Gasteiger partial charge in [0, 0.05) is 12.1 Å². The molecule has 0 aliphatic carbocycles. The lowest BCUT2D eigenvalue weighted by molar-refractivity contribution is -0.0499. The summed E-state index contributed by atoms with van der Waals surface area (Å²) in [4.78, 5) is 0. The van der Waals surface area contributed by atoms with E-state index in [1.807, 2.05) is 6.07 Å². The molecule has 16 heavy (non-hydrogen) atoms. The summed E-state index contributed by atoms with van der Waals surface area (Å²) in [7, 11) is 0. The van der Waals surface area contributed by atoms with Crippen LogP contribution in [0.25, 0.3) is 0 Å². The molecular weight excluding hydrogens is 212 g/mol. The summed E-state index contributed by atoms with van der Waals surface area (Å²) in [5.74, 6) is 0.245. The topological polar surface area (TPSA) is 21.3 Å². The van der Waals surface area contributed by atoms with Crippen molar-refractivity contribution in [1.82, 2.24) is 5.32 Å². The molecular formula is C12H15F2NO. The van der Waals surface area contributed by atoms with Crippen molar-refractivity contribution in [3.8, 4) is 5.75 Å². The van der Waals surface area contributed by atoms with Gasteiger partial charge < -0.3 is 10.1 Å². The molecule has 1 aliphatic rings. The van der Waals surface area contributed by atoms with Gasteiger partial charge in [0.05, 0.1) is 0 Å². The summed E-state index contributed by atoms with van der Waals surface area (Å²) in [6.45, 7) is 1.40. The van der Waals surface area contributed by atoms with Gasteiger partial charge in [0.1, 0.15) is 5.75 Å². The predicted octanol–water partition coefficient (Wildman–Crippen LogP) is 2.88. The van der Waals surface area contributed by atoms with E-state index in [0.717, 1.165) is 12.0 Å². The Morgan fingerprint density at radius 1 is 1.38 bits per heavy atom. The highest BCUT2D eigenvalue weighted by Crippen LogP contribution is 2.28. The van der Waals surface area contributed by atoms with Crippen molar-refractivity contribution < 1.29 is 13.5 Å². The Morgan fingerprint density at radius 3 is 2.81 bits per heavy atom. The fraction of sp³-hybridized carbons (Fsp3) is 0.500. The van der Waals surface area contributed by atoms with Crippen LogP contribution in [0.4, 0.5) is 8.78 Å². The zero-order chi connectivity index (χ0) is 11.7. The molecule has 2 unspecified atom stereocenters. The van der Waals surface area contributed by atoms with E-state index in [2.05, 4.69) is 23.9 Å². The molecule has 88 valence electrons. The Labute approximate surface area is 93.6 Å². The van der Waals surface area contributed by atoms with Gasteiger partial charge in [-0.1, -0.05) is 6.07 Å². The summed E-state index contributed by atoms with van der Waals surface area (Å²) in [5.41, 5.74) is 2.26. The van der Waals surface area contributed by atoms with Crippen LogP contribution in [0, 0.1) is 0 Å². The molecule has 0 amide bonds. The van der Waals surface area contributed by atoms with Crippen LogP contribution in [-0.4, -0.2) is 12.7 Å². The standard InChI is InChI=1S/C12H15F2NO/c1-7-5-9-6-10(16-12(13)14)3-4-11(9)8(2)15-7/h3-4,6-8,12,15H,5H2,1-2H3. The van der Waals surface area contributed by atoms with Crippen LogP contribution in [0.15, 0.2) is 18.2 Å². The van der Waals surface area contributed by atoms with Crippen molar-refractivity contribution in [2.45, 2.75) is 39.0 Å². The number of hydrogen-bond donors (Lipinski definition) is 1. The first-order valence-electron chi connectivity index (χ1n) is 5.40. The lowest BCUT2D eigenvalue weighted by Gasteiger charge is -2.29. The number of ether oxygens (including phenoxy) is 1. The highest BCUT2D eigenvalue weighted by Gasteiger charge is 2.21. The SMILES string of the molecule is CC1Cc2cc(OC(F)F)ccc2C(C)N1. The maximum absolute atomic E-state index is 12.1. The first-order valence-corrected chi connectivity index (χ1v) is 5.40. The lowest BCUT2D eigenvalue weighted by atomic mass is 9.91. The minimum atomic E-state index is -2.75. The van der Waals surface area contributed by atoms with Crippen molar-refractivity contribution in [1.29, 1.82) is 0 Å². The molecule has 0 bridgehead atoms. The Hall–Kier alpha value is -1.16. The van der Waals surface area contributed by atoms with Gasteiger partial charge in [-0.15, -0.1) is 0 Å². The second-order valence-electron chi connectivity index (χ2n) is 4.23. The quantitative estimate of drug-likeness (QED) is 0.838. The van der Waals surface area contributed by atoms with Crippen molar-refractivity contribution in [3.05, 3.63) is 29.3 Å². The van der Waals surface area contributed by atoms with Crippen LogP contribution < -0.4 is 10.1 Å². The highest BCUT2D eigenvalue weighted by molar-refractivity contribution is 5.39. The largest absolute Gasteiger partial charge is 0.435 e. The van der Waals surface area contributed by atoms with Crippen molar-refractivity contribution >= 4 is 0 Å². The summed E-state index contributed by atoms with van der Waals surface area (Å²) in [6.07, 6.45) is 0.847. The molecule has 0 fully saturated rings. The van der Waals surface area contributed by atoms with Crippen LogP contribution in [0.5, 0.6) is 5.75 Å². The smallest absolute Gasteiger partial charge is 0.387 e. The molecule has 1 N–H and O–H groups in total. The first kappa shape index (κ1) is 11.3. The summed E-state index contributed by atoms with van der Waals surface area (Å²) < 4.78 is 28.5. The molecule has 1 aromatic carbocycles. The van der Waals surface area contributed by atoms with Gasteiger partial charge in [0.25, 0.3) is 0 Å². The average molecular weight is 227 g/mol. The van der Waals surface area contributed by atoms with Crippen molar-refractivity contribution in [2.24, 2.45) is 0 Å². The number of benzene rings is 1. The maximum Gasteiger partial charge on any atom is 0.387 e. The summed E-state index contributed by atoms with van der Waals surface area (Å²) >= 11 is 0. The van der Waals surface area contributed by atoms with Crippen LogP contribution in [0.1, 0.15) is 31.0 Å². The predicted molar refractivity (Wildman–Crippen MR) is 57.8 cm³/mol. The van der Waals surface area contributed by atoms with Crippen LogP contribution >= 0.6 is 0 Å². The number of rotatable bonds is 2. The number of nitrogens with one attached hydrogen (secondary N) is 1. The molecule has 0 aromatic heterocycles.